The molecule has 0 heterocycles. The summed E-state index contributed by atoms with van der Waals surface area (Å²) < 4.78 is 5.33. The number of aryl methyl sites for hydroxylation is 2. The van der Waals surface area contributed by atoms with E-state index in [4.69, 9.17) is 4.74 Å². The molecule has 2 atom stereocenters. The third-order valence-electron chi connectivity index (χ3n) is 6.59. The molecular weight excluding hydrogens is 518 g/mol. The van der Waals surface area contributed by atoms with E-state index in [1.807, 2.05) is 74.5 Å². The van der Waals surface area contributed by atoms with Crippen molar-refractivity contribution in [2.75, 3.05) is 18.5 Å². The molecule has 0 aliphatic heterocycles. The van der Waals surface area contributed by atoms with Crippen LogP contribution in [0.15, 0.2) is 60.7 Å². The van der Waals surface area contributed by atoms with E-state index in [0.717, 1.165) is 34.7 Å². The molecule has 3 aromatic rings. The van der Waals surface area contributed by atoms with Crippen molar-refractivity contribution in [3.05, 3.63) is 77.4 Å². The molecule has 0 bridgehead atoms. The van der Waals surface area contributed by atoms with E-state index in [-0.39, 0.29) is 12.5 Å². The fraction of sp³-hybridized carbons (Fsp3) is 0.424. The van der Waals surface area contributed by atoms with Crippen LogP contribution < -0.4 is 10.6 Å². The minimum Gasteiger partial charge on any atom is -0.444 e. The maximum absolute atomic E-state index is 14.1. The van der Waals surface area contributed by atoms with Crippen LogP contribution in [0.2, 0.25) is 0 Å². The minimum absolute atomic E-state index is 0.266. The number of anilines is 1. The van der Waals surface area contributed by atoms with E-state index in [1.54, 1.807) is 20.8 Å². The second kappa shape index (κ2) is 14.1. The molecule has 3 N–H and O–H groups in total. The van der Waals surface area contributed by atoms with Crippen LogP contribution in [0.1, 0.15) is 69.7 Å². The molecule has 0 fully saturated rings. The number of amides is 3. The van der Waals surface area contributed by atoms with E-state index in [1.165, 1.54) is 4.90 Å². The van der Waals surface area contributed by atoms with Gasteiger partial charge < -0.3 is 25.4 Å². The number of carbonyl (C=O) groups excluding carboxylic acids is 3. The predicted octanol–water partition coefficient (Wildman–Crippen LogP) is 6.04. The zero-order valence-electron chi connectivity index (χ0n) is 25.0. The number of aliphatic hydroxyl groups is 1. The first kappa shape index (κ1) is 31.6. The second-order valence-corrected chi connectivity index (χ2v) is 11.5. The number of unbranched alkanes of at least 4 members (excludes halogenated alkanes) is 2. The van der Waals surface area contributed by atoms with Crippen LogP contribution in [0.3, 0.4) is 0 Å². The molecule has 8 nitrogen and oxygen atoms in total. The molecule has 0 aromatic heterocycles. The number of fused-ring (bicyclic) bond motifs is 1. The normalized spacial score (nSPS) is 12.9. The lowest BCUT2D eigenvalue weighted by molar-refractivity contribution is -0.141. The highest BCUT2D eigenvalue weighted by molar-refractivity contribution is 6.00. The van der Waals surface area contributed by atoms with E-state index in [9.17, 15) is 19.5 Å². The van der Waals surface area contributed by atoms with Gasteiger partial charge in [0.15, 0.2) is 0 Å². The molecule has 2 unspecified atom stereocenters. The number of aliphatic hydroxyl groups excluding tert-OH is 1. The third kappa shape index (κ3) is 9.05. The summed E-state index contributed by atoms with van der Waals surface area (Å²) in [5.41, 5.74) is 2.38. The van der Waals surface area contributed by atoms with Crippen LogP contribution in [0, 0.1) is 13.8 Å². The first-order valence-corrected chi connectivity index (χ1v) is 14.2. The topological polar surface area (TPSA) is 108 Å². The maximum Gasteiger partial charge on any atom is 0.408 e. The zero-order chi connectivity index (χ0) is 30.2. The fourth-order valence-electron chi connectivity index (χ4n) is 4.85. The Morgan fingerprint density at radius 1 is 0.927 bits per heavy atom. The second-order valence-electron chi connectivity index (χ2n) is 11.5. The average Bonchev–Trinajstić information content (AvgIpc) is 2.89. The van der Waals surface area contributed by atoms with Crippen molar-refractivity contribution < 1.29 is 24.2 Å². The van der Waals surface area contributed by atoms with Crippen LogP contribution in [-0.4, -0.2) is 52.7 Å². The summed E-state index contributed by atoms with van der Waals surface area (Å²) in [5, 5.41) is 17.7. The highest BCUT2D eigenvalue weighted by Gasteiger charge is 2.36. The van der Waals surface area contributed by atoms with Crippen LogP contribution in [0.5, 0.6) is 0 Å². The molecule has 0 spiro atoms. The van der Waals surface area contributed by atoms with Crippen molar-refractivity contribution in [1.82, 2.24) is 10.2 Å². The van der Waals surface area contributed by atoms with Crippen LogP contribution in [0.4, 0.5) is 10.5 Å². The molecule has 0 aliphatic rings. The van der Waals surface area contributed by atoms with Gasteiger partial charge in [-0.05, 0) is 69.5 Å². The smallest absolute Gasteiger partial charge is 0.408 e. The molecule has 220 valence electrons. The molecule has 0 radical (unpaired) electrons. The first-order valence-electron chi connectivity index (χ1n) is 14.2. The van der Waals surface area contributed by atoms with E-state index < -0.39 is 36.3 Å². The fourth-order valence-corrected chi connectivity index (χ4v) is 4.85. The predicted molar refractivity (Wildman–Crippen MR) is 163 cm³/mol. The van der Waals surface area contributed by atoms with Crippen molar-refractivity contribution in [3.63, 3.8) is 0 Å². The number of hydrogen-bond acceptors (Lipinski definition) is 5. The average molecular weight is 562 g/mol. The summed E-state index contributed by atoms with van der Waals surface area (Å²) in [5.74, 6) is -0.948. The number of carbonyl (C=O) groups is 3. The Hall–Kier alpha value is -3.91. The van der Waals surface area contributed by atoms with E-state index in [0.29, 0.717) is 17.7 Å². The number of nitrogens with one attached hydrogen (secondary N) is 2. The quantitative estimate of drug-likeness (QED) is 0.247. The summed E-state index contributed by atoms with van der Waals surface area (Å²) in [6.45, 7) is 10.7. The summed E-state index contributed by atoms with van der Waals surface area (Å²) in [6.07, 6.45) is 1.59. The molecular formula is C33H43N3O5. The van der Waals surface area contributed by atoms with Crippen molar-refractivity contribution in [2.24, 2.45) is 0 Å². The molecule has 0 saturated heterocycles. The van der Waals surface area contributed by atoms with Gasteiger partial charge in [-0.3, -0.25) is 9.59 Å². The SMILES string of the molecule is CCCCCN(C(=O)C(CO)NC(=O)OC(C)(C)C)C(C(=O)Nc1ccc2ccccc2c1)c1cc(C)cc(C)c1. The Balaban J connectivity index is 2.02. The minimum atomic E-state index is -1.28. The molecule has 0 saturated carbocycles. The van der Waals surface area contributed by atoms with Gasteiger partial charge in [0.2, 0.25) is 5.91 Å². The van der Waals surface area contributed by atoms with Crippen molar-refractivity contribution in [2.45, 2.75) is 78.5 Å². The first-order chi connectivity index (χ1) is 19.4. The summed E-state index contributed by atoms with van der Waals surface area (Å²) in [7, 11) is 0. The van der Waals surface area contributed by atoms with Crippen molar-refractivity contribution >= 4 is 34.4 Å². The summed E-state index contributed by atoms with van der Waals surface area (Å²) >= 11 is 0. The van der Waals surface area contributed by atoms with Gasteiger partial charge in [0.25, 0.3) is 5.91 Å². The number of nitrogens with zero attached hydrogens (tertiary/aromatic N) is 1. The highest BCUT2D eigenvalue weighted by Crippen LogP contribution is 2.28. The highest BCUT2D eigenvalue weighted by atomic mass is 16.6. The lowest BCUT2D eigenvalue weighted by Gasteiger charge is -2.34. The van der Waals surface area contributed by atoms with Crippen molar-refractivity contribution in [1.29, 1.82) is 0 Å². The zero-order valence-corrected chi connectivity index (χ0v) is 25.0. The van der Waals surface area contributed by atoms with E-state index >= 15 is 0 Å². The molecule has 41 heavy (non-hydrogen) atoms. The van der Waals surface area contributed by atoms with Gasteiger partial charge in [0, 0.05) is 12.2 Å². The van der Waals surface area contributed by atoms with Crippen LogP contribution in [0.25, 0.3) is 10.8 Å². The lowest BCUT2D eigenvalue weighted by atomic mass is 9.98. The number of ether oxygens (including phenoxy) is 1. The Labute approximate surface area is 243 Å². The van der Waals surface area contributed by atoms with Gasteiger partial charge in [-0.15, -0.1) is 0 Å². The van der Waals surface area contributed by atoms with Gasteiger partial charge in [-0.2, -0.15) is 0 Å². The molecule has 0 aliphatic carbocycles. The molecule has 3 amide bonds. The largest absolute Gasteiger partial charge is 0.444 e. The monoisotopic (exact) mass is 561 g/mol. The Bertz CT molecular complexity index is 1340. The van der Waals surface area contributed by atoms with Gasteiger partial charge in [-0.25, -0.2) is 4.79 Å². The number of alkyl carbamates (subject to hydrolysis) is 1. The molecule has 3 rings (SSSR count). The van der Waals surface area contributed by atoms with Gasteiger partial charge in [-0.1, -0.05) is 79.4 Å². The molecule has 3 aromatic carbocycles. The van der Waals surface area contributed by atoms with Crippen molar-refractivity contribution in [3.8, 4) is 0 Å². The van der Waals surface area contributed by atoms with Gasteiger partial charge >= 0.3 is 6.09 Å². The maximum atomic E-state index is 14.1. The summed E-state index contributed by atoms with van der Waals surface area (Å²) in [4.78, 5) is 42.1. The number of benzene rings is 3. The summed E-state index contributed by atoms with van der Waals surface area (Å²) in [6, 6.07) is 17.1. The Morgan fingerprint density at radius 2 is 1.59 bits per heavy atom. The standard InChI is InChI=1S/C33H43N3O5/c1-7-8-11-16-36(31(39)28(21-37)35-32(40)41-33(4,5)6)29(26-18-22(2)17-23(3)19-26)30(38)34-27-15-14-24-12-9-10-13-25(24)20-27/h9-10,12-15,17-20,28-29,37H,7-8,11,16,21H2,1-6H3,(H,34,38)(H,35,40). The number of rotatable bonds is 11. The van der Waals surface area contributed by atoms with E-state index in [2.05, 4.69) is 17.6 Å². The van der Waals surface area contributed by atoms with Crippen LogP contribution >= 0.6 is 0 Å². The van der Waals surface area contributed by atoms with Gasteiger partial charge in [0.1, 0.15) is 17.7 Å². The van der Waals surface area contributed by atoms with Gasteiger partial charge in [0.05, 0.1) is 6.61 Å². The Morgan fingerprint density at radius 3 is 2.20 bits per heavy atom. The molecule has 8 heteroatoms. The third-order valence-corrected chi connectivity index (χ3v) is 6.59. The van der Waals surface area contributed by atoms with Crippen LogP contribution in [-0.2, 0) is 14.3 Å². The lowest BCUT2D eigenvalue weighted by Crippen LogP contribution is -2.54. The Kier molecular flexibility index (Phi) is 10.9. The number of hydrogen-bond donors (Lipinski definition) is 3.